The summed E-state index contributed by atoms with van der Waals surface area (Å²) in [5.41, 5.74) is 3.93. The van der Waals surface area contributed by atoms with Crippen molar-refractivity contribution in [2.24, 2.45) is 5.92 Å². The van der Waals surface area contributed by atoms with E-state index in [9.17, 15) is 4.79 Å². The van der Waals surface area contributed by atoms with Gasteiger partial charge in [-0.25, -0.2) is 4.98 Å². The molecule has 0 spiro atoms. The van der Waals surface area contributed by atoms with Crippen LogP contribution in [0.25, 0.3) is 0 Å². The maximum atomic E-state index is 12.8. The second-order valence-corrected chi connectivity index (χ2v) is 10.0. The van der Waals surface area contributed by atoms with E-state index in [1.807, 2.05) is 36.4 Å². The zero-order valence-corrected chi connectivity index (χ0v) is 20.4. The summed E-state index contributed by atoms with van der Waals surface area (Å²) in [5.74, 6) is 3.14. The number of carbonyl (C=O) groups excluding carboxylic acids is 1. The number of pyridine rings is 2. The molecule has 0 aliphatic heterocycles. The molecule has 5 rings (SSSR count). The van der Waals surface area contributed by atoms with Gasteiger partial charge in [0.15, 0.2) is 5.78 Å². The van der Waals surface area contributed by atoms with E-state index in [1.54, 1.807) is 12.4 Å². The molecule has 1 aromatic carbocycles. The van der Waals surface area contributed by atoms with Crippen molar-refractivity contribution < 1.29 is 9.53 Å². The number of hydrogen-bond acceptors (Lipinski definition) is 5. The Balaban J connectivity index is 1.20. The van der Waals surface area contributed by atoms with Crippen molar-refractivity contribution in [3.8, 4) is 5.75 Å². The molecule has 0 unspecified atom stereocenters. The summed E-state index contributed by atoms with van der Waals surface area (Å²) < 4.78 is 6.00. The SMILES string of the molecule is O=C(CCCC1CCCCC1)c1ccnc(Nc2ccc(OCc3ccccn3)cc2C2CC2)c1. The van der Waals surface area contributed by atoms with Gasteiger partial charge in [-0.1, -0.05) is 44.6 Å². The van der Waals surface area contributed by atoms with Crippen molar-refractivity contribution in [3.05, 3.63) is 77.7 Å². The first-order valence-corrected chi connectivity index (χ1v) is 13.2. The lowest BCUT2D eigenvalue weighted by molar-refractivity contribution is 0.0976. The molecule has 2 saturated carbocycles. The Bertz CT molecular complexity index is 1120. The Labute approximate surface area is 208 Å². The lowest BCUT2D eigenvalue weighted by Crippen LogP contribution is -2.08. The van der Waals surface area contributed by atoms with Crippen LogP contribution in [0.1, 0.15) is 91.7 Å². The minimum absolute atomic E-state index is 0.215. The molecule has 2 heterocycles. The molecule has 1 N–H and O–H groups in total. The van der Waals surface area contributed by atoms with Crippen LogP contribution >= 0.6 is 0 Å². The molecule has 0 atom stereocenters. The number of benzene rings is 1. The number of anilines is 2. The summed E-state index contributed by atoms with van der Waals surface area (Å²) in [6.45, 7) is 0.449. The third kappa shape index (κ3) is 6.68. The summed E-state index contributed by atoms with van der Waals surface area (Å²) in [7, 11) is 0. The molecule has 35 heavy (non-hydrogen) atoms. The van der Waals surface area contributed by atoms with E-state index in [0.29, 0.717) is 24.8 Å². The first-order valence-electron chi connectivity index (χ1n) is 13.2. The summed E-state index contributed by atoms with van der Waals surface area (Å²) in [5, 5.41) is 3.47. The van der Waals surface area contributed by atoms with E-state index in [2.05, 4.69) is 27.4 Å². The number of rotatable bonds is 11. The fourth-order valence-electron chi connectivity index (χ4n) is 5.10. The molecule has 2 aliphatic rings. The minimum atomic E-state index is 0.215. The van der Waals surface area contributed by atoms with Gasteiger partial charge in [0, 0.05) is 30.1 Å². The molecule has 3 aromatic rings. The van der Waals surface area contributed by atoms with E-state index >= 15 is 0 Å². The first kappa shape index (κ1) is 23.5. The van der Waals surface area contributed by atoms with E-state index in [-0.39, 0.29) is 5.78 Å². The van der Waals surface area contributed by atoms with Crippen LogP contribution in [0.15, 0.2) is 60.9 Å². The van der Waals surface area contributed by atoms with Gasteiger partial charge in [0.2, 0.25) is 0 Å². The van der Waals surface area contributed by atoms with Crippen LogP contribution in [0.2, 0.25) is 0 Å². The van der Waals surface area contributed by atoms with Crippen LogP contribution < -0.4 is 10.1 Å². The van der Waals surface area contributed by atoms with Gasteiger partial charge in [-0.2, -0.15) is 0 Å². The van der Waals surface area contributed by atoms with Gasteiger partial charge in [-0.15, -0.1) is 0 Å². The molecule has 0 bridgehead atoms. The molecule has 2 aromatic heterocycles. The Hall–Kier alpha value is -3.21. The normalized spacial score (nSPS) is 16.1. The van der Waals surface area contributed by atoms with Gasteiger partial charge < -0.3 is 10.1 Å². The molecule has 5 heteroatoms. The Kier molecular flexibility index (Phi) is 7.72. The highest BCUT2D eigenvalue weighted by molar-refractivity contribution is 5.96. The summed E-state index contributed by atoms with van der Waals surface area (Å²) >= 11 is 0. The van der Waals surface area contributed by atoms with Crippen LogP contribution in [0.3, 0.4) is 0 Å². The summed E-state index contributed by atoms with van der Waals surface area (Å²) in [6, 6.07) is 15.7. The largest absolute Gasteiger partial charge is 0.487 e. The molecule has 2 fully saturated rings. The van der Waals surface area contributed by atoms with Crippen LogP contribution in [0.4, 0.5) is 11.5 Å². The number of hydrogen-bond donors (Lipinski definition) is 1. The first-order chi connectivity index (χ1) is 17.2. The topological polar surface area (TPSA) is 64.1 Å². The molecule has 0 amide bonds. The van der Waals surface area contributed by atoms with Gasteiger partial charge in [-0.05, 0) is 79.1 Å². The lowest BCUT2D eigenvalue weighted by Gasteiger charge is -2.21. The average Bonchev–Trinajstić information content (AvgIpc) is 3.75. The Morgan fingerprint density at radius 3 is 2.63 bits per heavy atom. The van der Waals surface area contributed by atoms with E-state index in [0.717, 1.165) is 35.0 Å². The summed E-state index contributed by atoms with van der Waals surface area (Å²) in [6.07, 6.45) is 15.5. The number of ether oxygens (including phenoxy) is 1. The monoisotopic (exact) mass is 469 g/mol. The third-order valence-corrected chi connectivity index (χ3v) is 7.24. The van der Waals surface area contributed by atoms with E-state index < -0.39 is 0 Å². The second-order valence-electron chi connectivity index (χ2n) is 10.0. The van der Waals surface area contributed by atoms with Gasteiger partial charge in [0.1, 0.15) is 18.2 Å². The van der Waals surface area contributed by atoms with Crippen molar-refractivity contribution in [1.82, 2.24) is 9.97 Å². The average molecular weight is 470 g/mol. The highest BCUT2D eigenvalue weighted by Gasteiger charge is 2.27. The maximum Gasteiger partial charge on any atom is 0.163 e. The zero-order valence-electron chi connectivity index (χ0n) is 20.4. The molecule has 2 aliphatic carbocycles. The standard InChI is InChI=1S/C30H35N3O2/c34-29(11-6-9-22-7-2-1-3-8-22)24-16-18-32-30(19-24)33-28-15-14-26(20-27(28)23-12-13-23)35-21-25-10-4-5-17-31-25/h4-5,10,14-20,22-23H,1-3,6-9,11-13,21H2,(H,32,33). The van der Waals surface area contributed by atoms with Crippen molar-refractivity contribution in [2.45, 2.75) is 76.7 Å². The highest BCUT2D eigenvalue weighted by Crippen LogP contribution is 2.45. The lowest BCUT2D eigenvalue weighted by atomic mass is 9.85. The van der Waals surface area contributed by atoms with Crippen LogP contribution in [-0.2, 0) is 6.61 Å². The van der Waals surface area contributed by atoms with Crippen molar-refractivity contribution in [2.75, 3.05) is 5.32 Å². The number of ketones is 1. The maximum absolute atomic E-state index is 12.8. The molecule has 0 saturated heterocycles. The van der Waals surface area contributed by atoms with Crippen LogP contribution in [-0.4, -0.2) is 15.8 Å². The van der Waals surface area contributed by atoms with E-state index in [1.165, 1.54) is 56.9 Å². The number of carbonyl (C=O) groups is 1. The quantitative estimate of drug-likeness (QED) is 0.293. The number of nitrogens with one attached hydrogen (secondary N) is 1. The van der Waals surface area contributed by atoms with Crippen LogP contribution in [0, 0.1) is 5.92 Å². The van der Waals surface area contributed by atoms with Crippen molar-refractivity contribution in [1.29, 1.82) is 0 Å². The fraction of sp³-hybridized carbons (Fsp3) is 0.433. The van der Waals surface area contributed by atoms with Crippen molar-refractivity contribution >= 4 is 17.3 Å². The van der Waals surface area contributed by atoms with Gasteiger partial charge in [-0.3, -0.25) is 9.78 Å². The predicted octanol–water partition coefficient (Wildman–Crippen LogP) is 7.61. The number of Topliss-reactive ketones (excluding diaryl/α,β-unsaturated/α-hetero) is 1. The fourth-order valence-corrected chi connectivity index (χ4v) is 5.10. The molecule has 0 radical (unpaired) electrons. The molecular formula is C30H35N3O2. The number of aromatic nitrogens is 2. The summed E-state index contributed by atoms with van der Waals surface area (Å²) in [4.78, 5) is 21.6. The predicted molar refractivity (Wildman–Crippen MR) is 139 cm³/mol. The van der Waals surface area contributed by atoms with Gasteiger partial charge in [0.25, 0.3) is 0 Å². The second kappa shape index (κ2) is 11.5. The smallest absolute Gasteiger partial charge is 0.163 e. The third-order valence-electron chi connectivity index (χ3n) is 7.24. The molecular weight excluding hydrogens is 434 g/mol. The molecule has 5 nitrogen and oxygen atoms in total. The van der Waals surface area contributed by atoms with Crippen molar-refractivity contribution in [3.63, 3.8) is 0 Å². The van der Waals surface area contributed by atoms with E-state index in [4.69, 9.17) is 4.74 Å². The zero-order chi connectivity index (χ0) is 23.9. The van der Waals surface area contributed by atoms with Gasteiger partial charge in [0.05, 0.1) is 5.69 Å². The highest BCUT2D eigenvalue weighted by atomic mass is 16.5. The minimum Gasteiger partial charge on any atom is -0.487 e. The van der Waals surface area contributed by atoms with Gasteiger partial charge >= 0.3 is 0 Å². The number of nitrogens with zero attached hydrogens (tertiary/aromatic N) is 2. The Morgan fingerprint density at radius 1 is 0.943 bits per heavy atom. The molecule has 182 valence electrons. The van der Waals surface area contributed by atoms with Crippen LogP contribution in [0.5, 0.6) is 5.75 Å². The Morgan fingerprint density at radius 2 is 1.83 bits per heavy atom.